The summed E-state index contributed by atoms with van der Waals surface area (Å²) in [6.45, 7) is 7.87. The van der Waals surface area contributed by atoms with Gasteiger partial charge in [-0.3, -0.25) is 43.3 Å². The zero-order valence-electron chi connectivity index (χ0n) is 46.6. The highest BCUT2D eigenvalue weighted by Crippen LogP contribution is 2.23. The number of benzene rings is 1. The summed E-state index contributed by atoms with van der Waals surface area (Å²) in [6.07, 6.45) is 7.26. The van der Waals surface area contributed by atoms with Gasteiger partial charge in [0.2, 0.25) is 47.3 Å². The Morgan fingerprint density at radius 3 is 1.91 bits per heavy atom. The van der Waals surface area contributed by atoms with E-state index in [1.807, 2.05) is 58.2 Å². The number of aliphatic imine (C=N–C) groups is 1. The first-order valence-corrected chi connectivity index (χ1v) is 28.9. The van der Waals surface area contributed by atoms with Crippen molar-refractivity contribution < 1.29 is 48.3 Å². The van der Waals surface area contributed by atoms with Crippen LogP contribution in [0.5, 0.6) is 0 Å². The average molecular weight is 1130 g/mol. The number of nitrogens with two attached hydrogens (primary N) is 5. The first-order chi connectivity index (χ1) is 37.6. The fraction of sp³-hybridized carbons (Fsp3) is 0.660. The molecule has 2 heterocycles. The average Bonchev–Trinajstić information content (AvgIpc) is 4.09. The lowest BCUT2D eigenvalue weighted by Crippen LogP contribution is -2.59. The zero-order chi connectivity index (χ0) is 58.6. The van der Waals surface area contributed by atoms with Gasteiger partial charge in [-0.05, 0) is 132 Å². The molecule has 1 fully saturated rings. The normalized spacial score (nSPS) is 15.9. The van der Waals surface area contributed by atoms with Gasteiger partial charge in [0.25, 0.3) is 0 Å². The molecule has 442 valence electrons. The number of nitrogens with one attached hydrogen (secondary N) is 8. The van der Waals surface area contributed by atoms with Crippen LogP contribution >= 0.6 is 11.8 Å². The number of amides is 8. The first kappa shape index (κ1) is 66.8. The zero-order valence-corrected chi connectivity index (χ0v) is 47.4. The van der Waals surface area contributed by atoms with E-state index in [2.05, 4.69) is 47.2 Å². The number of nitrogens with zero attached hydrogens (tertiary/aromatic N) is 2. The molecule has 19 N–H and O–H groups in total. The molecule has 0 radical (unpaired) electrons. The summed E-state index contributed by atoms with van der Waals surface area (Å²) in [5.41, 5.74) is 30.2. The number of H-pyrrole nitrogens is 1. The number of carboxylic acids is 1. The largest absolute Gasteiger partial charge is 0.480 e. The summed E-state index contributed by atoms with van der Waals surface area (Å²) < 4.78 is 0. The number of thioether (sulfide) groups is 1. The van der Waals surface area contributed by atoms with Gasteiger partial charge in [0.05, 0.1) is 12.6 Å². The number of likely N-dealkylation sites (tertiary alicyclic amines) is 1. The Balaban J connectivity index is 1.94. The maximum absolute atomic E-state index is 14.8. The van der Waals surface area contributed by atoms with E-state index in [0.29, 0.717) is 62.9 Å². The third kappa shape index (κ3) is 23.4. The molecule has 8 atom stereocenters. The third-order valence-electron chi connectivity index (χ3n) is 13.4. The predicted octanol–water partition coefficient (Wildman–Crippen LogP) is -0.705. The van der Waals surface area contributed by atoms with Gasteiger partial charge in [0, 0.05) is 36.6 Å². The summed E-state index contributed by atoms with van der Waals surface area (Å²) in [5.74, 6) is -6.11. The number of aliphatic carboxylic acids is 1. The van der Waals surface area contributed by atoms with Crippen molar-refractivity contribution in [2.75, 3.05) is 44.7 Å². The van der Waals surface area contributed by atoms with E-state index >= 15 is 0 Å². The molecule has 0 bridgehead atoms. The van der Waals surface area contributed by atoms with Gasteiger partial charge < -0.3 is 80.9 Å². The Bertz CT molecular complexity index is 2350. The molecular weight excluding hydrogens is 1040 g/mol. The van der Waals surface area contributed by atoms with E-state index in [4.69, 9.17) is 28.7 Å². The van der Waals surface area contributed by atoms with Crippen LogP contribution in [0.25, 0.3) is 10.9 Å². The smallest absolute Gasteiger partial charge is 0.326 e. The van der Waals surface area contributed by atoms with Gasteiger partial charge in [-0.1, -0.05) is 45.9 Å². The molecule has 1 aromatic carbocycles. The monoisotopic (exact) mass is 1130 g/mol. The van der Waals surface area contributed by atoms with E-state index in [0.717, 1.165) is 10.9 Å². The number of hydrogen-bond donors (Lipinski definition) is 14. The molecule has 0 unspecified atom stereocenters. The van der Waals surface area contributed by atoms with Crippen LogP contribution in [-0.4, -0.2) is 167 Å². The van der Waals surface area contributed by atoms with Gasteiger partial charge in [-0.25, -0.2) is 4.79 Å². The first-order valence-electron chi connectivity index (χ1n) is 27.5. The number of unbranched alkanes of at least 4 members (excludes halogenated alkanes) is 2. The maximum Gasteiger partial charge on any atom is 0.326 e. The van der Waals surface area contributed by atoms with Crippen LogP contribution in [0.15, 0.2) is 35.5 Å². The molecule has 2 aromatic rings. The lowest BCUT2D eigenvalue weighted by atomic mass is 10.0. The number of aromatic nitrogens is 1. The van der Waals surface area contributed by atoms with Crippen LogP contribution in [0.1, 0.15) is 117 Å². The van der Waals surface area contributed by atoms with Crippen LogP contribution in [-0.2, 0) is 49.6 Å². The van der Waals surface area contributed by atoms with Crippen LogP contribution in [0.4, 0.5) is 0 Å². The SMILES string of the molecule is CSCC[C@H](NC(=O)[C@H](CCCCN)NC(=O)[C@@H]1CCCN1C(=O)[C@H](CCCCN)NC(=O)[C@H](Cc1c[nH]c2ccccc12)NC(=O)[C@H](CCCN=C(N)N)NC(=O)CNC(=O)[C@H](CC(C)C)NC(=O)[C@@H](N)CC(C)C)C(=O)O. The lowest BCUT2D eigenvalue weighted by Gasteiger charge is -2.31. The van der Waals surface area contributed by atoms with Crippen molar-refractivity contribution in [3.05, 3.63) is 36.0 Å². The fourth-order valence-electron chi connectivity index (χ4n) is 9.23. The highest BCUT2D eigenvalue weighted by Gasteiger charge is 2.40. The molecule has 8 amide bonds. The van der Waals surface area contributed by atoms with Gasteiger partial charge in [-0.15, -0.1) is 0 Å². The molecule has 3 rings (SSSR count). The van der Waals surface area contributed by atoms with Crippen molar-refractivity contribution >= 4 is 81.9 Å². The second-order valence-electron chi connectivity index (χ2n) is 20.9. The molecule has 0 saturated carbocycles. The number of aromatic amines is 1. The van der Waals surface area contributed by atoms with Gasteiger partial charge in [-0.2, -0.15) is 11.8 Å². The van der Waals surface area contributed by atoms with Crippen molar-refractivity contribution in [3.8, 4) is 0 Å². The fourth-order valence-corrected chi connectivity index (χ4v) is 9.70. The molecule has 1 saturated heterocycles. The summed E-state index contributed by atoms with van der Waals surface area (Å²) >= 11 is 1.43. The molecule has 1 aromatic heterocycles. The minimum absolute atomic E-state index is 0.0181. The Morgan fingerprint density at radius 2 is 1.29 bits per heavy atom. The maximum atomic E-state index is 14.8. The van der Waals surface area contributed by atoms with E-state index in [1.165, 1.54) is 16.7 Å². The van der Waals surface area contributed by atoms with Gasteiger partial charge in [0.1, 0.15) is 42.3 Å². The number of para-hydroxylation sites is 1. The summed E-state index contributed by atoms with van der Waals surface area (Å²) in [4.78, 5) is 132. The lowest BCUT2D eigenvalue weighted by molar-refractivity contribution is -0.143. The minimum atomic E-state index is -1.35. The second-order valence-corrected chi connectivity index (χ2v) is 21.9. The van der Waals surface area contributed by atoms with Crippen LogP contribution in [0.3, 0.4) is 0 Å². The molecule has 79 heavy (non-hydrogen) atoms. The van der Waals surface area contributed by atoms with Crippen molar-refractivity contribution in [2.45, 2.75) is 166 Å². The molecular formula is C53H89N15O10S. The number of guanidine groups is 1. The second kappa shape index (κ2) is 35.2. The van der Waals surface area contributed by atoms with Crippen molar-refractivity contribution in [1.82, 2.24) is 47.1 Å². The summed E-state index contributed by atoms with van der Waals surface area (Å²) in [5, 5.41) is 29.5. The third-order valence-corrected chi connectivity index (χ3v) is 14.0. The van der Waals surface area contributed by atoms with Crippen LogP contribution < -0.4 is 65.9 Å². The van der Waals surface area contributed by atoms with Crippen LogP contribution in [0, 0.1) is 11.8 Å². The molecule has 0 spiro atoms. The topological polar surface area (TPSA) is 420 Å². The van der Waals surface area contributed by atoms with Gasteiger partial charge >= 0.3 is 5.97 Å². The molecule has 25 nitrogen and oxygen atoms in total. The number of carbonyl (C=O) groups excluding carboxylic acids is 8. The minimum Gasteiger partial charge on any atom is -0.480 e. The highest BCUT2D eigenvalue weighted by molar-refractivity contribution is 7.98. The number of carbonyl (C=O) groups is 9. The van der Waals surface area contributed by atoms with Crippen molar-refractivity contribution in [3.63, 3.8) is 0 Å². The Kier molecular flexibility index (Phi) is 29.7. The molecule has 1 aliphatic rings. The van der Waals surface area contributed by atoms with Crippen molar-refractivity contribution in [2.24, 2.45) is 45.5 Å². The molecule has 1 aliphatic heterocycles. The predicted molar refractivity (Wildman–Crippen MR) is 305 cm³/mol. The highest BCUT2D eigenvalue weighted by atomic mass is 32.2. The van der Waals surface area contributed by atoms with E-state index in [-0.39, 0.29) is 82.3 Å². The number of hydrogen-bond acceptors (Lipinski definition) is 14. The van der Waals surface area contributed by atoms with E-state index < -0.39 is 108 Å². The quantitative estimate of drug-likeness (QED) is 0.0226. The number of fused-ring (bicyclic) bond motifs is 1. The number of rotatable bonds is 37. The van der Waals surface area contributed by atoms with E-state index in [9.17, 15) is 48.3 Å². The Labute approximate surface area is 467 Å². The summed E-state index contributed by atoms with van der Waals surface area (Å²) in [6, 6.07) is -1.72. The molecule has 0 aliphatic carbocycles. The van der Waals surface area contributed by atoms with E-state index in [1.54, 1.807) is 6.20 Å². The Hall–Kier alpha value is -6.51. The van der Waals surface area contributed by atoms with Crippen LogP contribution in [0.2, 0.25) is 0 Å². The van der Waals surface area contributed by atoms with Gasteiger partial charge in [0.15, 0.2) is 5.96 Å². The number of carboxylic acid groups (broad SMARTS) is 1. The molecule has 26 heteroatoms. The summed E-state index contributed by atoms with van der Waals surface area (Å²) in [7, 11) is 0. The Morgan fingerprint density at radius 1 is 0.709 bits per heavy atom. The standard InChI is InChI=1S/C53H89N15O10S/c1-31(2)26-35(56)45(70)66-41(27-32(3)4)46(71)61-30-44(69)62-37(18-12-23-59-53(57)58)47(72)67-42(28-33-29-60-36-15-7-6-14-34(33)36)49(74)64-39(17-9-11-22-55)51(76)68-24-13-19-43(68)50(75)63-38(16-8-10-21-54)48(73)65-40(52(77)78)20-25-79-5/h6-7,14-15,29,31-32,35,37-43,60H,8-13,16-28,30,54-56H2,1-5H3,(H,61,71)(H,62,69)(H,63,75)(H,64,74)(H,65,73)(H,66,70)(H,67,72)(H,77,78)(H4,57,58,59)/t35-,37-,38-,39-,40-,41-,42-,43-/m0/s1. The van der Waals surface area contributed by atoms with Crippen molar-refractivity contribution in [1.29, 1.82) is 0 Å².